The molecule has 3 rings (SSSR count). The Balaban J connectivity index is 1.54. The Morgan fingerprint density at radius 3 is 2.13 bits per heavy atom. The first-order chi connectivity index (χ1) is 14.4. The number of rotatable bonds is 7. The summed E-state index contributed by atoms with van der Waals surface area (Å²) in [7, 11) is -3.48. The van der Waals surface area contributed by atoms with Crippen LogP contribution in [0.1, 0.15) is 35.7 Å². The van der Waals surface area contributed by atoms with E-state index >= 15 is 0 Å². The number of benzene rings is 2. The molecule has 1 heterocycles. The summed E-state index contributed by atoms with van der Waals surface area (Å²) in [5, 5.41) is 0. The highest BCUT2D eigenvalue weighted by molar-refractivity contribution is 7.91. The van der Waals surface area contributed by atoms with E-state index in [0.29, 0.717) is 32.6 Å². The van der Waals surface area contributed by atoms with Crippen LogP contribution in [0, 0.1) is 0 Å². The lowest BCUT2D eigenvalue weighted by Gasteiger charge is -2.35. The van der Waals surface area contributed by atoms with Crippen LogP contribution < -0.4 is 0 Å². The third kappa shape index (κ3) is 5.27. The maximum absolute atomic E-state index is 12.9. The topological polar surface area (TPSA) is 74.8 Å². The SMILES string of the molecule is CCS(=O)(=O)c1ccccc1C(=O)N1CCN(C(=O)CCCc2ccccc2)CC1. The number of aryl methyl sites for hydroxylation is 1. The number of nitrogens with zero attached hydrogens (tertiary/aromatic N) is 2. The third-order valence-corrected chi connectivity index (χ3v) is 7.24. The van der Waals surface area contributed by atoms with Gasteiger partial charge in [-0.1, -0.05) is 49.4 Å². The highest BCUT2D eigenvalue weighted by Gasteiger charge is 2.28. The lowest BCUT2D eigenvalue weighted by molar-refractivity contribution is -0.132. The van der Waals surface area contributed by atoms with Crippen molar-refractivity contribution in [2.24, 2.45) is 0 Å². The number of hydrogen-bond donors (Lipinski definition) is 0. The van der Waals surface area contributed by atoms with Crippen LogP contribution in [0.3, 0.4) is 0 Å². The van der Waals surface area contributed by atoms with Crippen molar-refractivity contribution < 1.29 is 18.0 Å². The first-order valence-electron chi connectivity index (χ1n) is 10.3. The number of sulfone groups is 1. The maximum Gasteiger partial charge on any atom is 0.255 e. The van der Waals surface area contributed by atoms with E-state index in [-0.39, 0.29) is 28.0 Å². The minimum absolute atomic E-state index is 0.0530. The molecule has 0 spiro atoms. The molecule has 1 aliphatic heterocycles. The quantitative estimate of drug-likeness (QED) is 0.680. The molecule has 0 atom stereocenters. The van der Waals surface area contributed by atoms with Gasteiger partial charge in [0.15, 0.2) is 9.84 Å². The molecule has 2 aromatic rings. The lowest BCUT2D eigenvalue weighted by Crippen LogP contribution is -2.50. The van der Waals surface area contributed by atoms with Crippen LogP contribution in [-0.2, 0) is 21.1 Å². The summed E-state index contributed by atoms with van der Waals surface area (Å²) >= 11 is 0. The molecule has 2 amide bonds. The normalized spacial score (nSPS) is 14.6. The Morgan fingerprint density at radius 2 is 1.47 bits per heavy atom. The molecule has 1 saturated heterocycles. The van der Waals surface area contributed by atoms with Crippen molar-refractivity contribution in [2.45, 2.75) is 31.1 Å². The van der Waals surface area contributed by atoms with Crippen LogP contribution in [0.4, 0.5) is 0 Å². The van der Waals surface area contributed by atoms with Gasteiger partial charge in [-0.3, -0.25) is 9.59 Å². The summed E-state index contributed by atoms with van der Waals surface area (Å²) in [6.07, 6.45) is 2.15. The molecule has 0 saturated carbocycles. The average Bonchev–Trinajstić information content (AvgIpc) is 2.79. The van der Waals surface area contributed by atoms with Crippen molar-refractivity contribution in [2.75, 3.05) is 31.9 Å². The number of carbonyl (C=O) groups excluding carboxylic acids is 2. The molecule has 0 aliphatic carbocycles. The highest BCUT2D eigenvalue weighted by Crippen LogP contribution is 2.20. The van der Waals surface area contributed by atoms with Gasteiger partial charge in [0.1, 0.15) is 0 Å². The number of hydrogen-bond acceptors (Lipinski definition) is 4. The second kappa shape index (κ2) is 9.89. The smallest absolute Gasteiger partial charge is 0.255 e. The highest BCUT2D eigenvalue weighted by atomic mass is 32.2. The monoisotopic (exact) mass is 428 g/mol. The molecule has 0 bridgehead atoms. The summed E-state index contributed by atoms with van der Waals surface area (Å²) in [5.74, 6) is -0.242. The molecule has 160 valence electrons. The number of piperazine rings is 1. The van der Waals surface area contributed by atoms with E-state index in [1.807, 2.05) is 18.2 Å². The molecule has 0 aromatic heterocycles. The van der Waals surface area contributed by atoms with Crippen molar-refractivity contribution >= 4 is 21.7 Å². The maximum atomic E-state index is 12.9. The largest absolute Gasteiger partial charge is 0.339 e. The summed E-state index contributed by atoms with van der Waals surface area (Å²) in [4.78, 5) is 29.0. The summed E-state index contributed by atoms with van der Waals surface area (Å²) < 4.78 is 24.7. The lowest BCUT2D eigenvalue weighted by atomic mass is 10.1. The van der Waals surface area contributed by atoms with Gasteiger partial charge in [0, 0.05) is 32.6 Å². The second-order valence-corrected chi connectivity index (χ2v) is 9.66. The fourth-order valence-electron chi connectivity index (χ4n) is 3.65. The Kier molecular flexibility index (Phi) is 7.26. The minimum Gasteiger partial charge on any atom is -0.339 e. The zero-order valence-corrected chi connectivity index (χ0v) is 18.1. The summed E-state index contributed by atoms with van der Waals surface area (Å²) in [6, 6.07) is 16.4. The van der Waals surface area contributed by atoms with Gasteiger partial charge in [0.2, 0.25) is 5.91 Å². The molecule has 0 radical (unpaired) electrons. The van der Waals surface area contributed by atoms with Gasteiger partial charge in [-0.25, -0.2) is 8.42 Å². The number of carbonyl (C=O) groups is 2. The third-order valence-electron chi connectivity index (χ3n) is 5.45. The van der Waals surface area contributed by atoms with Crippen LogP contribution in [0.15, 0.2) is 59.5 Å². The van der Waals surface area contributed by atoms with Gasteiger partial charge in [0.05, 0.1) is 16.2 Å². The van der Waals surface area contributed by atoms with E-state index < -0.39 is 9.84 Å². The Hall–Kier alpha value is -2.67. The van der Waals surface area contributed by atoms with Crippen LogP contribution in [-0.4, -0.2) is 62.0 Å². The summed E-state index contributed by atoms with van der Waals surface area (Å²) in [6.45, 7) is 3.32. The summed E-state index contributed by atoms with van der Waals surface area (Å²) in [5.41, 5.74) is 1.43. The van der Waals surface area contributed by atoms with Gasteiger partial charge in [-0.15, -0.1) is 0 Å². The fraction of sp³-hybridized carbons (Fsp3) is 0.391. The molecule has 30 heavy (non-hydrogen) atoms. The van der Waals surface area contributed by atoms with Crippen molar-refractivity contribution in [3.05, 3.63) is 65.7 Å². The first-order valence-corrected chi connectivity index (χ1v) is 12.0. The van der Waals surface area contributed by atoms with Gasteiger partial charge in [0.25, 0.3) is 5.91 Å². The van der Waals surface area contributed by atoms with E-state index in [1.165, 1.54) is 11.6 Å². The van der Waals surface area contributed by atoms with Crippen molar-refractivity contribution in [1.82, 2.24) is 9.80 Å². The average molecular weight is 429 g/mol. The van der Waals surface area contributed by atoms with Crippen LogP contribution in [0.25, 0.3) is 0 Å². The van der Waals surface area contributed by atoms with Gasteiger partial charge >= 0.3 is 0 Å². The Labute approximate surface area is 178 Å². The van der Waals surface area contributed by atoms with Gasteiger partial charge in [-0.05, 0) is 30.5 Å². The van der Waals surface area contributed by atoms with Crippen molar-refractivity contribution in [3.8, 4) is 0 Å². The van der Waals surface area contributed by atoms with Gasteiger partial charge < -0.3 is 9.80 Å². The molecule has 1 aliphatic rings. The molecular formula is C23H28N2O4S. The van der Waals surface area contributed by atoms with Crippen LogP contribution >= 0.6 is 0 Å². The molecule has 1 fully saturated rings. The van der Waals surface area contributed by atoms with Crippen molar-refractivity contribution in [3.63, 3.8) is 0 Å². The van der Waals surface area contributed by atoms with Crippen LogP contribution in [0.5, 0.6) is 0 Å². The first kappa shape index (κ1) is 22.0. The Bertz CT molecular complexity index is 981. The van der Waals surface area contributed by atoms with E-state index in [2.05, 4.69) is 12.1 Å². The van der Waals surface area contributed by atoms with E-state index in [1.54, 1.807) is 34.9 Å². The standard InChI is InChI=1S/C23H28N2O4S/c1-2-30(28,29)21-13-7-6-12-20(21)23(27)25-17-15-24(16-18-25)22(26)14-8-11-19-9-4-3-5-10-19/h3-7,9-10,12-13H,2,8,11,14-18H2,1H3. The molecule has 0 unspecified atom stereocenters. The molecule has 0 N–H and O–H groups in total. The molecule has 6 nitrogen and oxygen atoms in total. The van der Waals surface area contributed by atoms with E-state index in [9.17, 15) is 18.0 Å². The molecular weight excluding hydrogens is 400 g/mol. The Morgan fingerprint density at radius 1 is 0.867 bits per heavy atom. The van der Waals surface area contributed by atoms with E-state index in [4.69, 9.17) is 0 Å². The zero-order valence-electron chi connectivity index (χ0n) is 17.3. The predicted octanol–water partition coefficient (Wildman–Crippen LogP) is 2.79. The molecule has 7 heteroatoms. The second-order valence-electron chi connectivity index (χ2n) is 7.41. The fourth-order valence-corrected chi connectivity index (χ4v) is 4.73. The van der Waals surface area contributed by atoms with Gasteiger partial charge in [-0.2, -0.15) is 0 Å². The van der Waals surface area contributed by atoms with E-state index in [0.717, 1.165) is 12.8 Å². The predicted molar refractivity (Wildman–Crippen MR) is 116 cm³/mol. The zero-order chi connectivity index (χ0) is 21.6. The molecule has 2 aromatic carbocycles. The minimum atomic E-state index is -3.48. The van der Waals surface area contributed by atoms with Crippen LogP contribution in [0.2, 0.25) is 0 Å². The number of amides is 2. The van der Waals surface area contributed by atoms with Crippen molar-refractivity contribution in [1.29, 1.82) is 0 Å².